The van der Waals surface area contributed by atoms with Gasteiger partial charge in [0.25, 0.3) is 0 Å². The number of halogens is 1. The summed E-state index contributed by atoms with van der Waals surface area (Å²) < 4.78 is 0. The lowest BCUT2D eigenvalue weighted by atomic mass is 9.80. The van der Waals surface area contributed by atoms with Crippen LogP contribution in [0.15, 0.2) is 5.10 Å². The molecule has 3 heteroatoms. The fraction of sp³-hybridized carbons (Fsp3) is 0.889. The van der Waals surface area contributed by atoms with Crippen LogP contribution in [0.3, 0.4) is 0 Å². The van der Waals surface area contributed by atoms with E-state index in [-0.39, 0.29) is 0 Å². The molecule has 2 rings (SSSR count). The lowest BCUT2D eigenvalue weighted by Crippen LogP contribution is -2.41. The van der Waals surface area contributed by atoms with E-state index in [2.05, 4.69) is 17.2 Å². The van der Waals surface area contributed by atoms with Crippen LogP contribution in [-0.4, -0.2) is 22.8 Å². The minimum absolute atomic E-state index is 0.301. The molecule has 0 unspecified atom stereocenters. The predicted octanol–water partition coefficient (Wildman–Crippen LogP) is 2.58. The Balaban J connectivity index is 2.12. The highest BCUT2D eigenvalue weighted by molar-refractivity contribution is 6.65. The molecule has 0 radical (unpaired) electrons. The Bertz CT molecular complexity index is 207. The summed E-state index contributed by atoms with van der Waals surface area (Å²) in [6.45, 7) is 0. The monoisotopic (exact) mass is 186 g/mol. The zero-order chi connectivity index (χ0) is 8.60. The molecule has 68 valence electrons. The highest BCUT2D eigenvalue weighted by Crippen LogP contribution is 2.40. The van der Waals surface area contributed by atoms with E-state index in [4.69, 9.17) is 11.6 Å². The van der Waals surface area contributed by atoms with Crippen molar-refractivity contribution in [1.29, 1.82) is 0 Å². The van der Waals surface area contributed by atoms with Crippen LogP contribution < -0.4 is 0 Å². The fourth-order valence-corrected chi connectivity index (χ4v) is 2.76. The molecule has 1 spiro atoms. The van der Waals surface area contributed by atoms with Crippen molar-refractivity contribution in [3.05, 3.63) is 0 Å². The number of hydrazone groups is 1. The normalized spacial score (nSPS) is 27.8. The average Bonchev–Trinajstić information content (AvgIpc) is 2.29. The van der Waals surface area contributed by atoms with Gasteiger partial charge in [-0.2, -0.15) is 5.10 Å². The summed E-state index contributed by atoms with van der Waals surface area (Å²) in [7, 11) is 2.06. The van der Waals surface area contributed by atoms with E-state index in [1.54, 1.807) is 0 Å². The van der Waals surface area contributed by atoms with Crippen molar-refractivity contribution in [3.8, 4) is 0 Å². The van der Waals surface area contributed by atoms with Gasteiger partial charge in [0.05, 0.1) is 5.54 Å². The lowest BCUT2D eigenvalue weighted by Gasteiger charge is -2.38. The molecule has 0 N–H and O–H groups in total. The van der Waals surface area contributed by atoms with E-state index in [9.17, 15) is 0 Å². The van der Waals surface area contributed by atoms with Crippen LogP contribution in [0, 0.1) is 0 Å². The molecule has 1 heterocycles. The van der Waals surface area contributed by atoms with E-state index in [0.29, 0.717) is 5.54 Å². The van der Waals surface area contributed by atoms with Crippen molar-refractivity contribution < 1.29 is 0 Å². The maximum absolute atomic E-state index is 5.94. The minimum Gasteiger partial charge on any atom is -0.292 e. The van der Waals surface area contributed by atoms with Gasteiger partial charge in [0.1, 0.15) is 5.17 Å². The standard InChI is InChI=1S/C9H15ClN2/c1-12-9(7-8(10)11-12)5-3-2-4-6-9/h2-7H2,1H3. The van der Waals surface area contributed by atoms with E-state index in [1.165, 1.54) is 32.1 Å². The van der Waals surface area contributed by atoms with E-state index in [0.717, 1.165) is 11.6 Å². The van der Waals surface area contributed by atoms with Crippen LogP contribution in [0.5, 0.6) is 0 Å². The quantitative estimate of drug-likeness (QED) is 0.568. The van der Waals surface area contributed by atoms with Gasteiger partial charge in [0, 0.05) is 13.5 Å². The largest absolute Gasteiger partial charge is 0.292 e. The van der Waals surface area contributed by atoms with Crippen molar-refractivity contribution in [2.45, 2.75) is 44.1 Å². The highest BCUT2D eigenvalue weighted by Gasteiger charge is 2.40. The number of nitrogens with zero attached hydrogens (tertiary/aromatic N) is 2. The average molecular weight is 187 g/mol. The van der Waals surface area contributed by atoms with Gasteiger partial charge < -0.3 is 0 Å². The summed E-state index contributed by atoms with van der Waals surface area (Å²) in [6.07, 6.45) is 7.57. The van der Waals surface area contributed by atoms with Gasteiger partial charge in [-0.25, -0.2) is 0 Å². The Morgan fingerprint density at radius 1 is 1.33 bits per heavy atom. The first-order valence-corrected chi connectivity index (χ1v) is 5.08. The Kier molecular flexibility index (Phi) is 2.03. The molecule has 1 aliphatic carbocycles. The molecule has 0 atom stereocenters. The molecular weight excluding hydrogens is 172 g/mol. The molecule has 1 fully saturated rings. The first kappa shape index (κ1) is 8.36. The Morgan fingerprint density at radius 3 is 2.50 bits per heavy atom. The molecule has 0 aromatic carbocycles. The second-order valence-corrected chi connectivity index (χ2v) is 4.40. The second-order valence-electron chi connectivity index (χ2n) is 3.96. The topological polar surface area (TPSA) is 15.6 Å². The minimum atomic E-state index is 0.301. The molecule has 0 bridgehead atoms. The van der Waals surface area contributed by atoms with E-state index < -0.39 is 0 Å². The van der Waals surface area contributed by atoms with E-state index in [1.807, 2.05) is 0 Å². The molecular formula is C9H15ClN2. The summed E-state index contributed by atoms with van der Waals surface area (Å²) in [5.41, 5.74) is 0.301. The fourth-order valence-electron chi connectivity index (χ4n) is 2.40. The molecule has 0 aromatic heterocycles. The first-order valence-electron chi connectivity index (χ1n) is 4.70. The molecule has 2 nitrogen and oxygen atoms in total. The van der Waals surface area contributed by atoms with Crippen molar-refractivity contribution in [3.63, 3.8) is 0 Å². The summed E-state index contributed by atoms with van der Waals surface area (Å²) in [4.78, 5) is 0. The van der Waals surface area contributed by atoms with Gasteiger partial charge in [-0.15, -0.1) is 0 Å². The van der Waals surface area contributed by atoms with Crippen molar-refractivity contribution in [2.24, 2.45) is 5.10 Å². The lowest BCUT2D eigenvalue weighted by molar-refractivity contribution is 0.104. The SMILES string of the molecule is CN1N=C(Cl)CC12CCCCC2. The number of hydrogen-bond donors (Lipinski definition) is 0. The molecule has 12 heavy (non-hydrogen) atoms. The highest BCUT2D eigenvalue weighted by atomic mass is 35.5. The van der Waals surface area contributed by atoms with Gasteiger partial charge in [-0.1, -0.05) is 30.9 Å². The third kappa shape index (κ3) is 1.22. The second kappa shape index (κ2) is 2.91. The van der Waals surface area contributed by atoms with E-state index >= 15 is 0 Å². The van der Waals surface area contributed by atoms with Crippen LogP contribution in [0.4, 0.5) is 0 Å². The number of hydrogen-bond acceptors (Lipinski definition) is 2. The molecule has 0 saturated heterocycles. The van der Waals surface area contributed by atoms with Crippen LogP contribution >= 0.6 is 11.6 Å². The van der Waals surface area contributed by atoms with Crippen LogP contribution in [-0.2, 0) is 0 Å². The third-order valence-corrected chi connectivity index (χ3v) is 3.41. The van der Waals surface area contributed by atoms with Crippen molar-refractivity contribution >= 4 is 16.8 Å². The van der Waals surface area contributed by atoms with Gasteiger partial charge >= 0.3 is 0 Å². The Labute approximate surface area is 78.6 Å². The van der Waals surface area contributed by atoms with Gasteiger partial charge in [-0.05, 0) is 12.8 Å². The molecule has 2 aliphatic rings. The Hall–Kier alpha value is -0.240. The third-order valence-electron chi connectivity index (χ3n) is 3.20. The molecule has 1 saturated carbocycles. The summed E-state index contributed by atoms with van der Waals surface area (Å²) >= 11 is 5.94. The first-order chi connectivity index (χ1) is 5.73. The van der Waals surface area contributed by atoms with Gasteiger partial charge in [-0.3, -0.25) is 5.01 Å². The summed E-state index contributed by atoms with van der Waals surface area (Å²) in [5.74, 6) is 0. The van der Waals surface area contributed by atoms with Gasteiger partial charge in [0.2, 0.25) is 0 Å². The zero-order valence-electron chi connectivity index (χ0n) is 7.52. The smallest absolute Gasteiger partial charge is 0.128 e. The van der Waals surface area contributed by atoms with Crippen molar-refractivity contribution in [2.75, 3.05) is 7.05 Å². The Morgan fingerprint density at radius 2 is 2.00 bits per heavy atom. The summed E-state index contributed by atoms with van der Waals surface area (Å²) in [6, 6.07) is 0. The van der Waals surface area contributed by atoms with Crippen molar-refractivity contribution in [1.82, 2.24) is 5.01 Å². The maximum atomic E-state index is 5.94. The van der Waals surface area contributed by atoms with Crippen LogP contribution in [0.25, 0.3) is 0 Å². The zero-order valence-corrected chi connectivity index (χ0v) is 8.27. The predicted molar refractivity (Wildman–Crippen MR) is 51.5 cm³/mol. The van der Waals surface area contributed by atoms with Crippen LogP contribution in [0.2, 0.25) is 0 Å². The van der Waals surface area contributed by atoms with Crippen LogP contribution in [0.1, 0.15) is 38.5 Å². The molecule has 0 amide bonds. The maximum Gasteiger partial charge on any atom is 0.128 e. The number of rotatable bonds is 0. The molecule has 1 aliphatic heterocycles. The summed E-state index contributed by atoms with van der Waals surface area (Å²) in [5, 5.41) is 7.16. The van der Waals surface area contributed by atoms with Gasteiger partial charge in [0.15, 0.2) is 0 Å². The molecule has 0 aromatic rings.